The van der Waals surface area contributed by atoms with E-state index in [-0.39, 0.29) is 29.0 Å². The smallest absolute Gasteiger partial charge is 0.243 e. The summed E-state index contributed by atoms with van der Waals surface area (Å²) in [4.78, 5) is 14.5. The van der Waals surface area contributed by atoms with Crippen molar-refractivity contribution in [3.63, 3.8) is 0 Å². The molecule has 0 aromatic heterocycles. The van der Waals surface area contributed by atoms with Gasteiger partial charge in [0.15, 0.2) is 5.11 Å². The van der Waals surface area contributed by atoms with Gasteiger partial charge in [0.25, 0.3) is 0 Å². The molecule has 1 aliphatic rings. The van der Waals surface area contributed by atoms with Crippen molar-refractivity contribution < 1.29 is 13.2 Å². The summed E-state index contributed by atoms with van der Waals surface area (Å²) in [5.74, 6) is -0.238. The Morgan fingerprint density at radius 3 is 2.41 bits per heavy atom. The van der Waals surface area contributed by atoms with Gasteiger partial charge < -0.3 is 16.0 Å². The summed E-state index contributed by atoms with van der Waals surface area (Å²) in [6.07, 6.45) is 0. The maximum atomic E-state index is 13.1. The highest BCUT2D eigenvalue weighted by molar-refractivity contribution is 7.89. The molecule has 3 aromatic carbocycles. The molecule has 0 saturated carbocycles. The van der Waals surface area contributed by atoms with Crippen LogP contribution in [0.5, 0.6) is 0 Å². The van der Waals surface area contributed by atoms with Crippen LogP contribution in [0, 0.1) is 0 Å². The van der Waals surface area contributed by atoms with Crippen molar-refractivity contribution in [2.75, 3.05) is 25.0 Å². The topological polar surface area (TPSA) is 95.7 Å². The van der Waals surface area contributed by atoms with Crippen molar-refractivity contribution in [2.45, 2.75) is 11.4 Å². The lowest BCUT2D eigenvalue weighted by atomic mass is 10.1. The molecule has 10 heteroatoms. The number of nitrogens with zero attached hydrogens (tertiary/aromatic N) is 2. The van der Waals surface area contributed by atoms with E-state index in [9.17, 15) is 13.2 Å². The van der Waals surface area contributed by atoms with Crippen LogP contribution in [0.3, 0.4) is 0 Å². The summed E-state index contributed by atoms with van der Waals surface area (Å²) >= 11 is 10.8. The molecule has 1 amide bonds. The molecule has 1 saturated heterocycles. The molecule has 0 spiro atoms. The number of nitrogens with one attached hydrogen (secondary N) is 1. The SMILES string of the molecule is NC(=S)Nc1ccc(CN2CCN(S(=O)(=O)c3ccc4cc(Cl)ccc4c3)CC2=O)cc1. The van der Waals surface area contributed by atoms with Gasteiger partial charge in [0, 0.05) is 30.3 Å². The Balaban J connectivity index is 1.45. The highest BCUT2D eigenvalue weighted by atomic mass is 35.5. The number of sulfonamides is 1. The van der Waals surface area contributed by atoms with E-state index < -0.39 is 10.0 Å². The van der Waals surface area contributed by atoms with Gasteiger partial charge in [-0.2, -0.15) is 4.31 Å². The van der Waals surface area contributed by atoms with Crippen molar-refractivity contribution >= 4 is 61.3 Å². The number of halogens is 1. The lowest BCUT2D eigenvalue weighted by Gasteiger charge is -2.33. The normalized spacial score (nSPS) is 15.2. The number of nitrogens with two attached hydrogens (primary N) is 1. The third kappa shape index (κ3) is 4.86. The van der Waals surface area contributed by atoms with Crippen molar-refractivity contribution in [2.24, 2.45) is 5.73 Å². The fraction of sp³-hybridized carbons (Fsp3) is 0.182. The van der Waals surface area contributed by atoms with Crippen molar-refractivity contribution in [3.05, 3.63) is 71.2 Å². The lowest BCUT2D eigenvalue weighted by Crippen LogP contribution is -2.51. The van der Waals surface area contributed by atoms with Gasteiger partial charge in [-0.1, -0.05) is 35.9 Å². The Labute approximate surface area is 196 Å². The predicted octanol–water partition coefficient (Wildman–Crippen LogP) is 3.18. The van der Waals surface area contributed by atoms with Gasteiger partial charge in [0.1, 0.15) is 0 Å². The summed E-state index contributed by atoms with van der Waals surface area (Å²) in [7, 11) is -3.79. The van der Waals surface area contributed by atoms with Crippen LogP contribution in [0.15, 0.2) is 65.6 Å². The zero-order chi connectivity index (χ0) is 22.9. The molecule has 0 bridgehead atoms. The zero-order valence-electron chi connectivity index (χ0n) is 17.0. The van der Waals surface area contributed by atoms with Crippen LogP contribution in [0.1, 0.15) is 5.56 Å². The number of benzene rings is 3. The Bertz CT molecular complexity index is 1300. The summed E-state index contributed by atoms with van der Waals surface area (Å²) in [5, 5.41) is 5.24. The van der Waals surface area contributed by atoms with Gasteiger partial charge in [-0.25, -0.2) is 8.42 Å². The van der Waals surface area contributed by atoms with Crippen LogP contribution in [-0.4, -0.2) is 48.3 Å². The Morgan fingerprint density at radius 1 is 1.03 bits per heavy atom. The number of anilines is 1. The molecule has 32 heavy (non-hydrogen) atoms. The Morgan fingerprint density at radius 2 is 1.72 bits per heavy atom. The quantitative estimate of drug-likeness (QED) is 0.535. The molecule has 166 valence electrons. The van der Waals surface area contributed by atoms with Crippen LogP contribution in [0.25, 0.3) is 10.8 Å². The van der Waals surface area contributed by atoms with Crippen LogP contribution in [-0.2, 0) is 21.4 Å². The number of fused-ring (bicyclic) bond motifs is 1. The maximum Gasteiger partial charge on any atom is 0.243 e. The number of thiocarbonyl (C=S) groups is 1. The van der Waals surface area contributed by atoms with E-state index in [0.29, 0.717) is 18.1 Å². The Hall–Kier alpha value is -2.72. The summed E-state index contributed by atoms with van der Waals surface area (Å²) in [6.45, 7) is 0.751. The average molecular weight is 489 g/mol. The Kier molecular flexibility index (Phi) is 6.34. The molecule has 0 atom stereocenters. The van der Waals surface area contributed by atoms with E-state index in [2.05, 4.69) is 5.32 Å². The third-order valence-corrected chi connectivity index (χ3v) is 7.47. The zero-order valence-corrected chi connectivity index (χ0v) is 19.4. The van der Waals surface area contributed by atoms with Crippen LogP contribution in [0.2, 0.25) is 5.02 Å². The highest BCUT2D eigenvalue weighted by Gasteiger charge is 2.32. The fourth-order valence-electron chi connectivity index (χ4n) is 3.62. The average Bonchev–Trinajstić information content (AvgIpc) is 2.75. The number of amides is 1. The van der Waals surface area contributed by atoms with E-state index >= 15 is 0 Å². The number of carbonyl (C=O) groups excluding carboxylic acids is 1. The van der Waals surface area contributed by atoms with Gasteiger partial charge in [0.2, 0.25) is 15.9 Å². The largest absolute Gasteiger partial charge is 0.376 e. The molecule has 1 fully saturated rings. The lowest BCUT2D eigenvalue weighted by molar-refractivity contribution is -0.134. The molecule has 4 rings (SSSR count). The number of carbonyl (C=O) groups is 1. The number of rotatable bonds is 5. The molecule has 3 N–H and O–H groups in total. The first-order valence-electron chi connectivity index (χ1n) is 9.85. The van der Waals surface area contributed by atoms with E-state index in [4.69, 9.17) is 29.6 Å². The molecule has 0 radical (unpaired) electrons. The molecule has 3 aromatic rings. The fourth-order valence-corrected chi connectivity index (χ4v) is 5.33. The first-order chi connectivity index (χ1) is 15.2. The van der Waals surface area contributed by atoms with Gasteiger partial charge >= 0.3 is 0 Å². The number of hydrogen-bond acceptors (Lipinski definition) is 4. The molecular formula is C22H21ClN4O3S2. The number of piperazine rings is 1. The molecule has 0 unspecified atom stereocenters. The van der Waals surface area contributed by atoms with Gasteiger partial charge in [0.05, 0.1) is 11.4 Å². The second kappa shape index (κ2) is 9.03. The van der Waals surface area contributed by atoms with Crippen LogP contribution >= 0.6 is 23.8 Å². The minimum absolute atomic E-state index is 0.162. The second-order valence-corrected chi connectivity index (χ2v) is 10.3. The number of hydrogen-bond donors (Lipinski definition) is 2. The second-order valence-electron chi connectivity index (χ2n) is 7.49. The van der Waals surface area contributed by atoms with E-state index in [0.717, 1.165) is 22.0 Å². The highest BCUT2D eigenvalue weighted by Crippen LogP contribution is 2.25. The summed E-state index contributed by atoms with van der Waals surface area (Å²) in [5.41, 5.74) is 7.15. The molecular weight excluding hydrogens is 468 g/mol. The summed E-state index contributed by atoms with van der Waals surface area (Å²) < 4.78 is 27.5. The van der Waals surface area contributed by atoms with E-state index in [1.165, 1.54) is 4.31 Å². The van der Waals surface area contributed by atoms with Crippen molar-refractivity contribution in [1.82, 2.24) is 9.21 Å². The third-order valence-electron chi connectivity index (χ3n) is 5.29. The minimum Gasteiger partial charge on any atom is -0.376 e. The first-order valence-corrected chi connectivity index (χ1v) is 12.1. The summed E-state index contributed by atoms with van der Waals surface area (Å²) in [6, 6.07) is 17.6. The van der Waals surface area contributed by atoms with E-state index in [1.807, 2.05) is 24.3 Å². The predicted molar refractivity (Wildman–Crippen MR) is 130 cm³/mol. The standard InChI is InChI=1S/C22H21ClN4O3S2/c23-18-5-3-17-12-20(8-4-16(17)11-18)32(29,30)27-10-9-26(21(28)14-27)13-15-1-6-19(7-2-15)25-22(24)31/h1-8,11-12H,9-10,13-14H2,(H3,24,25,31). The molecule has 7 nitrogen and oxygen atoms in total. The van der Waals surface area contributed by atoms with Gasteiger partial charge in [-0.15, -0.1) is 0 Å². The van der Waals surface area contributed by atoms with Crippen LogP contribution < -0.4 is 11.1 Å². The van der Waals surface area contributed by atoms with E-state index in [1.54, 1.807) is 41.3 Å². The first kappa shape index (κ1) is 22.5. The molecule has 1 heterocycles. The van der Waals surface area contributed by atoms with Crippen molar-refractivity contribution in [1.29, 1.82) is 0 Å². The van der Waals surface area contributed by atoms with Gasteiger partial charge in [-0.3, -0.25) is 4.79 Å². The minimum atomic E-state index is -3.79. The molecule has 1 aliphatic heterocycles. The monoisotopic (exact) mass is 488 g/mol. The van der Waals surface area contributed by atoms with Crippen LogP contribution in [0.4, 0.5) is 5.69 Å². The van der Waals surface area contributed by atoms with Crippen molar-refractivity contribution in [3.8, 4) is 0 Å². The molecule has 0 aliphatic carbocycles. The maximum absolute atomic E-state index is 13.1. The van der Waals surface area contributed by atoms with Gasteiger partial charge in [-0.05, 0) is 65.0 Å².